The molecule has 0 fully saturated rings. The fourth-order valence-electron chi connectivity index (χ4n) is 2.37. The van der Waals surface area contributed by atoms with Crippen LogP contribution >= 0.6 is 15.9 Å². The molecule has 0 aromatic carbocycles. The van der Waals surface area contributed by atoms with E-state index >= 15 is 0 Å². The molecule has 1 aromatic heterocycles. The molecule has 1 unspecified atom stereocenters. The third kappa shape index (κ3) is 1.88. The van der Waals surface area contributed by atoms with Gasteiger partial charge in [0.1, 0.15) is 5.82 Å². The van der Waals surface area contributed by atoms with Gasteiger partial charge in [-0.15, -0.1) is 0 Å². The number of halogens is 1. The van der Waals surface area contributed by atoms with E-state index in [-0.39, 0.29) is 0 Å². The number of hydrogen-bond donors (Lipinski definition) is 1. The topological polar surface area (TPSA) is 29.9 Å². The van der Waals surface area contributed by atoms with Gasteiger partial charge < -0.3 is 5.32 Å². The van der Waals surface area contributed by atoms with Crippen LogP contribution in [-0.2, 0) is 0 Å². The summed E-state index contributed by atoms with van der Waals surface area (Å²) in [5.74, 6) is 1.74. The molecule has 1 aliphatic rings. The van der Waals surface area contributed by atoms with E-state index in [4.69, 9.17) is 5.10 Å². The van der Waals surface area contributed by atoms with Gasteiger partial charge in [0.05, 0.1) is 16.2 Å². The van der Waals surface area contributed by atoms with Crippen molar-refractivity contribution < 1.29 is 0 Å². The third-order valence-corrected chi connectivity index (χ3v) is 4.30. The minimum Gasteiger partial charge on any atom is -0.369 e. The van der Waals surface area contributed by atoms with Crippen LogP contribution in [0.1, 0.15) is 57.7 Å². The normalized spacial score (nSPS) is 19.7. The first kappa shape index (κ1) is 12.0. The lowest BCUT2D eigenvalue weighted by atomic mass is 10.00. The van der Waals surface area contributed by atoms with Gasteiger partial charge in [-0.05, 0) is 42.1 Å². The first-order chi connectivity index (χ1) is 7.69. The Morgan fingerprint density at radius 1 is 1.50 bits per heavy atom. The first-order valence-corrected chi connectivity index (χ1v) is 7.00. The molecule has 1 N–H and O–H groups in total. The largest absolute Gasteiger partial charge is 0.369 e. The van der Waals surface area contributed by atoms with Gasteiger partial charge in [0.2, 0.25) is 0 Å². The van der Waals surface area contributed by atoms with E-state index in [0.717, 1.165) is 25.8 Å². The third-order valence-electron chi connectivity index (χ3n) is 3.52. The summed E-state index contributed by atoms with van der Waals surface area (Å²) in [5, 5.41) is 8.22. The quantitative estimate of drug-likeness (QED) is 0.912. The molecule has 2 rings (SSSR count). The van der Waals surface area contributed by atoms with Crippen LogP contribution in [0.5, 0.6) is 0 Å². The van der Waals surface area contributed by atoms with Crippen LogP contribution in [0.2, 0.25) is 0 Å². The minimum absolute atomic E-state index is 0.510. The summed E-state index contributed by atoms with van der Waals surface area (Å²) in [5.41, 5.74) is 1.22. The fourth-order valence-corrected chi connectivity index (χ4v) is 3.09. The van der Waals surface area contributed by atoms with Gasteiger partial charge in [0.25, 0.3) is 0 Å². The molecule has 1 aliphatic heterocycles. The standard InChI is InChI=1S/C12H20BrN3/c1-4-9(5-2)11-10(13)12-14-7-6-8(3)16(12)15-11/h8-9,14H,4-7H2,1-3H3. The highest BCUT2D eigenvalue weighted by atomic mass is 79.9. The zero-order valence-electron chi connectivity index (χ0n) is 10.3. The molecule has 3 nitrogen and oxygen atoms in total. The molecule has 0 amide bonds. The SMILES string of the molecule is CCC(CC)c1nn2c(c1Br)NCCC2C. The number of hydrogen-bond acceptors (Lipinski definition) is 2. The van der Waals surface area contributed by atoms with Gasteiger partial charge in [-0.25, -0.2) is 4.68 Å². The lowest BCUT2D eigenvalue weighted by Crippen LogP contribution is -2.21. The van der Waals surface area contributed by atoms with Crippen LogP contribution in [0.15, 0.2) is 4.47 Å². The van der Waals surface area contributed by atoms with Crippen LogP contribution in [0, 0.1) is 0 Å². The van der Waals surface area contributed by atoms with Crippen molar-refractivity contribution in [1.82, 2.24) is 9.78 Å². The molecule has 2 heterocycles. The summed E-state index contributed by atoms with van der Waals surface area (Å²) in [6, 6.07) is 0.510. The van der Waals surface area contributed by atoms with Crippen molar-refractivity contribution in [3.05, 3.63) is 10.2 Å². The van der Waals surface area contributed by atoms with E-state index < -0.39 is 0 Å². The number of nitrogens with zero attached hydrogens (tertiary/aromatic N) is 2. The van der Waals surface area contributed by atoms with Gasteiger partial charge in [0.15, 0.2) is 0 Å². The molecule has 0 saturated carbocycles. The Hall–Kier alpha value is -0.510. The Morgan fingerprint density at radius 3 is 2.75 bits per heavy atom. The second-order valence-corrected chi connectivity index (χ2v) is 5.36. The highest BCUT2D eigenvalue weighted by molar-refractivity contribution is 9.10. The van der Waals surface area contributed by atoms with Crippen molar-refractivity contribution in [2.75, 3.05) is 11.9 Å². The van der Waals surface area contributed by atoms with Crippen molar-refractivity contribution in [2.24, 2.45) is 0 Å². The summed E-state index contributed by atoms with van der Waals surface area (Å²) in [7, 11) is 0. The number of rotatable bonds is 3. The van der Waals surface area contributed by atoms with Gasteiger partial charge in [0, 0.05) is 12.5 Å². The summed E-state index contributed by atoms with van der Waals surface area (Å²) >= 11 is 3.70. The van der Waals surface area contributed by atoms with E-state index in [1.807, 2.05) is 0 Å². The van der Waals surface area contributed by atoms with Gasteiger partial charge >= 0.3 is 0 Å². The second kappa shape index (κ2) is 4.78. The van der Waals surface area contributed by atoms with Crippen molar-refractivity contribution in [3.8, 4) is 0 Å². The maximum Gasteiger partial charge on any atom is 0.139 e. The van der Waals surface area contributed by atoms with Gasteiger partial charge in [-0.3, -0.25) is 0 Å². The maximum atomic E-state index is 4.78. The Morgan fingerprint density at radius 2 is 2.19 bits per heavy atom. The van der Waals surface area contributed by atoms with Crippen molar-refractivity contribution in [2.45, 2.75) is 52.0 Å². The number of nitrogens with one attached hydrogen (secondary N) is 1. The summed E-state index contributed by atoms with van der Waals surface area (Å²) < 4.78 is 3.31. The van der Waals surface area contributed by atoms with E-state index in [2.05, 4.69) is 46.7 Å². The average molecular weight is 286 g/mol. The molecule has 0 saturated heterocycles. The van der Waals surface area contributed by atoms with Gasteiger partial charge in [-0.2, -0.15) is 5.10 Å². The van der Waals surface area contributed by atoms with Gasteiger partial charge in [-0.1, -0.05) is 13.8 Å². The first-order valence-electron chi connectivity index (χ1n) is 6.20. The molecular formula is C12H20BrN3. The molecule has 0 radical (unpaired) electrons. The zero-order valence-corrected chi connectivity index (χ0v) is 11.8. The molecule has 4 heteroatoms. The monoisotopic (exact) mass is 285 g/mol. The van der Waals surface area contributed by atoms with E-state index in [9.17, 15) is 0 Å². The molecule has 90 valence electrons. The van der Waals surface area contributed by atoms with E-state index in [0.29, 0.717) is 12.0 Å². The molecule has 0 bridgehead atoms. The van der Waals surface area contributed by atoms with E-state index in [1.54, 1.807) is 0 Å². The lowest BCUT2D eigenvalue weighted by Gasteiger charge is -2.22. The molecule has 1 atom stereocenters. The van der Waals surface area contributed by atoms with Crippen LogP contribution in [0.3, 0.4) is 0 Å². The predicted octanol–water partition coefficient (Wildman–Crippen LogP) is 3.93. The Kier molecular flexibility index (Phi) is 3.57. The number of anilines is 1. The molecule has 0 aliphatic carbocycles. The Balaban J connectivity index is 2.41. The van der Waals surface area contributed by atoms with Crippen LogP contribution < -0.4 is 5.32 Å². The summed E-state index contributed by atoms with van der Waals surface area (Å²) in [4.78, 5) is 0. The second-order valence-electron chi connectivity index (χ2n) is 4.57. The highest BCUT2D eigenvalue weighted by Crippen LogP contribution is 2.37. The lowest BCUT2D eigenvalue weighted by molar-refractivity contribution is 0.444. The van der Waals surface area contributed by atoms with Crippen LogP contribution in [0.4, 0.5) is 5.82 Å². The summed E-state index contributed by atoms with van der Waals surface area (Å²) in [6.07, 6.45) is 3.46. The van der Waals surface area contributed by atoms with Crippen LogP contribution in [0.25, 0.3) is 0 Å². The fraction of sp³-hybridized carbons (Fsp3) is 0.750. The van der Waals surface area contributed by atoms with Crippen LogP contribution in [-0.4, -0.2) is 16.3 Å². The molecule has 16 heavy (non-hydrogen) atoms. The Bertz CT molecular complexity index is 369. The number of fused-ring (bicyclic) bond motifs is 1. The zero-order chi connectivity index (χ0) is 11.7. The van der Waals surface area contributed by atoms with Crippen molar-refractivity contribution >= 4 is 21.7 Å². The maximum absolute atomic E-state index is 4.78. The number of aromatic nitrogens is 2. The van der Waals surface area contributed by atoms with Crippen molar-refractivity contribution in [3.63, 3.8) is 0 Å². The Labute approximate surface area is 106 Å². The van der Waals surface area contributed by atoms with E-state index in [1.165, 1.54) is 16.0 Å². The highest BCUT2D eigenvalue weighted by Gasteiger charge is 2.25. The van der Waals surface area contributed by atoms with Crippen molar-refractivity contribution in [1.29, 1.82) is 0 Å². The molecule has 1 aromatic rings. The average Bonchev–Trinajstić information content (AvgIpc) is 2.61. The molecular weight excluding hydrogens is 266 g/mol. The molecule has 0 spiro atoms. The smallest absolute Gasteiger partial charge is 0.139 e. The predicted molar refractivity (Wildman–Crippen MR) is 71.1 cm³/mol. The minimum atomic E-state index is 0.510. The summed E-state index contributed by atoms with van der Waals surface area (Å²) in [6.45, 7) is 7.75.